The van der Waals surface area contributed by atoms with Crippen molar-refractivity contribution in [3.8, 4) is 0 Å². The Morgan fingerprint density at radius 2 is 1.42 bits per heavy atom. The van der Waals surface area contributed by atoms with Gasteiger partial charge >= 0.3 is 0 Å². The maximum atomic E-state index is 11.4. The van der Waals surface area contributed by atoms with Gasteiger partial charge in [-0.3, -0.25) is 0 Å². The lowest BCUT2D eigenvalue weighted by molar-refractivity contribution is 0.0925. The number of nitrogens with zero attached hydrogens (tertiary/aromatic N) is 2. The van der Waals surface area contributed by atoms with Gasteiger partial charge < -0.3 is 14.9 Å². The zero-order chi connectivity index (χ0) is 17.9. The molecule has 0 spiro atoms. The molecule has 0 radical (unpaired) electrons. The Bertz CT molecular complexity index is 736. The Hall–Kier alpha value is -1.68. The molecule has 2 aromatic carbocycles. The Morgan fingerprint density at radius 3 is 2.12 bits per heavy atom. The number of likely N-dealkylation sites (N-methyl/N-ethyl adjacent to an activating group) is 1. The fourth-order valence-electron chi connectivity index (χ4n) is 4.54. The van der Waals surface area contributed by atoms with E-state index in [0.717, 1.165) is 57.5 Å². The molecule has 0 bridgehead atoms. The van der Waals surface area contributed by atoms with Crippen molar-refractivity contribution >= 4 is 0 Å². The molecular weight excluding hydrogens is 320 g/mol. The van der Waals surface area contributed by atoms with E-state index in [4.69, 9.17) is 0 Å². The van der Waals surface area contributed by atoms with Gasteiger partial charge in [-0.25, -0.2) is 0 Å². The van der Waals surface area contributed by atoms with Crippen LogP contribution in [0, 0.1) is 0 Å². The van der Waals surface area contributed by atoms with E-state index < -0.39 is 6.10 Å². The predicted molar refractivity (Wildman–Crippen MR) is 107 cm³/mol. The predicted octanol–water partition coefficient (Wildman–Crippen LogP) is 3.24. The molecule has 3 nitrogen and oxygen atoms in total. The molecule has 3 heteroatoms. The van der Waals surface area contributed by atoms with Gasteiger partial charge in [-0.05, 0) is 48.6 Å². The van der Waals surface area contributed by atoms with Gasteiger partial charge in [0.2, 0.25) is 0 Å². The third-order valence-electron chi connectivity index (χ3n) is 6.15. The second-order valence-corrected chi connectivity index (χ2v) is 7.91. The van der Waals surface area contributed by atoms with Gasteiger partial charge in [-0.15, -0.1) is 0 Å². The number of aliphatic hydroxyl groups excluding tert-OH is 1. The summed E-state index contributed by atoms with van der Waals surface area (Å²) in [7, 11) is 2.19. The SMILES string of the molecule is CN1CCN(CC2c3ccccc3CCCc3ccccc3C2O)CC1. The van der Waals surface area contributed by atoms with Crippen LogP contribution in [0.5, 0.6) is 0 Å². The zero-order valence-electron chi connectivity index (χ0n) is 15.8. The molecule has 0 saturated carbocycles. The van der Waals surface area contributed by atoms with E-state index in [1.807, 2.05) is 0 Å². The smallest absolute Gasteiger partial charge is 0.0873 e. The van der Waals surface area contributed by atoms with Gasteiger partial charge in [0.15, 0.2) is 0 Å². The second-order valence-electron chi connectivity index (χ2n) is 7.91. The van der Waals surface area contributed by atoms with Crippen molar-refractivity contribution < 1.29 is 5.11 Å². The van der Waals surface area contributed by atoms with Gasteiger partial charge in [-0.2, -0.15) is 0 Å². The van der Waals surface area contributed by atoms with E-state index >= 15 is 0 Å². The molecule has 26 heavy (non-hydrogen) atoms. The molecular formula is C23H30N2O. The number of rotatable bonds is 2. The van der Waals surface area contributed by atoms with Crippen LogP contribution in [0.15, 0.2) is 48.5 Å². The fraction of sp³-hybridized carbons (Fsp3) is 0.478. The molecule has 2 atom stereocenters. The first-order valence-electron chi connectivity index (χ1n) is 9.97. The summed E-state index contributed by atoms with van der Waals surface area (Å²) in [5, 5.41) is 11.4. The van der Waals surface area contributed by atoms with Crippen LogP contribution in [0.4, 0.5) is 0 Å². The van der Waals surface area contributed by atoms with E-state index in [1.165, 1.54) is 16.7 Å². The average molecular weight is 351 g/mol. The number of benzene rings is 2. The molecule has 1 saturated heterocycles. The summed E-state index contributed by atoms with van der Waals surface area (Å²) in [5.41, 5.74) is 5.20. The minimum atomic E-state index is -0.440. The lowest BCUT2D eigenvalue weighted by Gasteiger charge is -2.36. The van der Waals surface area contributed by atoms with Crippen molar-refractivity contribution in [2.45, 2.75) is 31.3 Å². The largest absolute Gasteiger partial charge is 0.388 e. The molecule has 0 aromatic heterocycles. The van der Waals surface area contributed by atoms with Crippen LogP contribution < -0.4 is 0 Å². The first kappa shape index (κ1) is 17.7. The van der Waals surface area contributed by atoms with Gasteiger partial charge in [0.25, 0.3) is 0 Å². The second kappa shape index (κ2) is 7.91. The Balaban J connectivity index is 1.69. The summed E-state index contributed by atoms with van der Waals surface area (Å²) in [6.45, 7) is 5.33. The van der Waals surface area contributed by atoms with E-state index in [2.05, 4.69) is 65.4 Å². The number of aliphatic hydroxyl groups is 1. The van der Waals surface area contributed by atoms with Gasteiger partial charge in [0.1, 0.15) is 0 Å². The van der Waals surface area contributed by atoms with E-state index in [9.17, 15) is 5.11 Å². The molecule has 1 fully saturated rings. The quantitative estimate of drug-likeness (QED) is 0.901. The zero-order valence-corrected chi connectivity index (χ0v) is 15.8. The van der Waals surface area contributed by atoms with Gasteiger partial charge in [-0.1, -0.05) is 48.5 Å². The minimum Gasteiger partial charge on any atom is -0.388 e. The highest BCUT2D eigenvalue weighted by atomic mass is 16.3. The lowest BCUT2D eigenvalue weighted by Crippen LogP contribution is -2.46. The Morgan fingerprint density at radius 1 is 0.846 bits per heavy atom. The molecule has 0 amide bonds. The molecule has 2 aliphatic rings. The number of hydrogen-bond acceptors (Lipinski definition) is 3. The average Bonchev–Trinajstić information content (AvgIpc) is 2.72. The summed E-state index contributed by atoms with van der Waals surface area (Å²) in [6, 6.07) is 17.3. The van der Waals surface area contributed by atoms with Crippen molar-refractivity contribution in [2.24, 2.45) is 0 Å². The van der Waals surface area contributed by atoms with Crippen molar-refractivity contribution in [3.05, 3.63) is 70.8 Å². The van der Waals surface area contributed by atoms with Crippen LogP contribution in [0.3, 0.4) is 0 Å². The molecule has 2 aromatic rings. The van der Waals surface area contributed by atoms with Crippen LogP contribution in [0.1, 0.15) is 40.7 Å². The molecule has 2 unspecified atom stereocenters. The number of piperazine rings is 1. The maximum Gasteiger partial charge on any atom is 0.0873 e. The highest BCUT2D eigenvalue weighted by Crippen LogP contribution is 2.37. The van der Waals surface area contributed by atoms with Crippen LogP contribution in [0.25, 0.3) is 0 Å². The van der Waals surface area contributed by atoms with E-state index in [1.54, 1.807) is 0 Å². The summed E-state index contributed by atoms with van der Waals surface area (Å²) in [6.07, 6.45) is 2.84. The lowest BCUT2D eigenvalue weighted by atomic mass is 9.84. The molecule has 138 valence electrons. The van der Waals surface area contributed by atoms with Crippen LogP contribution >= 0.6 is 0 Å². The summed E-state index contributed by atoms with van der Waals surface area (Å²) in [4.78, 5) is 4.92. The molecule has 1 aliphatic carbocycles. The van der Waals surface area contributed by atoms with Crippen molar-refractivity contribution in [1.29, 1.82) is 0 Å². The molecule has 1 aliphatic heterocycles. The highest BCUT2D eigenvalue weighted by Gasteiger charge is 2.30. The van der Waals surface area contributed by atoms with Gasteiger partial charge in [0, 0.05) is 38.6 Å². The van der Waals surface area contributed by atoms with Crippen molar-refractivity contribution in [3.63, 3.8) is 0 Å². The topological polar surface area (TPSA) is 26.7 Å². The highest BCUT2D eigenvalue weighted by molar-refractivity contribution is 5.38. The summed E-state index contributed by atoms with van der Waals surface area (Å²) < 4.78 is 0. The monoisotopic (exact) mass is 350 g/mol. The van der Waals surface area contributed by atoms with Gasteiger partial charge in [0.05, 0.1) is 6.10 Å². The summed E-state index contributed by atoms with van der Waals surface area (Å²) in [5.74, 6) is 0.133. The van der Waals surface area contributed by atoms with Crippen LogP contribution in [0.2, 0.25) is 0 Å². The molecule has 4 rings (SSSR count). The standard InChI is InChI=1S/C23H30N2O/c1-24-13-15-25(16-14-24)17-22-20-11-4-2-7-18(20)9-6-10-19-8-3-5-12-21(19)23(22)26/h2-5,7-8,11-12,22-23,26H,6,9-10,13-17H2,1H3. The minimum absolute atomic E-state index is 0.133. The first-order valence-corrected chi connectivity index (χ1v) is 9.97. The Kier molecular flexibility index (Phi) is 5.39. The first-order chi connectivity index (χ1) is 12.7. The van der Waals surface area contributed by atoms with Crippen molar-refractivity contribution in [2.75, 3.05) is 39.8 Å². The van der Waals surface area contributed by atoms with Crippen LogP contribution in [-0.2, 0) is 12.8 Å². The van der Waals surface area contributed by atoms with E-state index in [-0.39, 0.29) is 5.92 Å². The number of hydrogen-bond donors (Lipinski definition) is 1. The summed E-state index contributed by atoms with van der Waals surface area (Å²) >= 11 is 0. The Labute approximate surface area is 157 Å². The van der Waals surface area contributed by atoms with Crippen LogP contribution in [-0.4, -0.2) is 54.7 Å². The number of fused-ring (bicyclic) bond motifs is 2. The molecule has 1 N–H and O–H groups in total. The van der Waals surface area contributed by atoms with Crippen molar-refractivity contribution in [1.82, 2.24) is 9.80 Å². The van der Waals surface area contributed by atoms with E-state index in [0.29, 0.717) is 0 Å². The number of aryl methyl sites for hydroxylation is 2. The molecule has 1 heterocycles. The maximum absolute atomic E-state index is 11.4. The normalized spacial score (nSPS) is 24.8. The third-order valence-corrected chi connectivity index (χ3v) is 6.15. The third kappa shape index (κ3) is 3.71. The fourth-order valence-corrected chi connectivity index (χ4v) is 4.54.